The van der Waals surface area contributed by atoms with Crippen LogP contribution in [0.3, 0.4) is 0 Å². The van der Waals surface area contributed by atoms with Gasteiger partial charge in [-0.25, -0.2) is 4.98 Å². The van der Waals surface area contributed by atoms with Crippen LogP contribution in [0.15, 0.2) is 22.6 Å². The van der Waals surface area contributed by atoms with Crippen molar-refractivity contribution in [2.45, 2.75) is 57.5 Å². The van der Waals surface area contributed by atoms with Crippen LogP contribution < -0.4 is 5.56 Å². The highest BCUT2D eigenvalue weighted by molar-refractivity contribution is 7.16. The number of carbonyl (C=O) groups is 1. The van der Waals surface area contributed by atoms with Gasteiger partial charge in [-0.2, -0.15) is 0 Å². The lowest BCUT2D eigenvalue weighted by atomic mass is 9.78. The van der Waals surface area contributed by atoms with Gasteiger partial charge in [-0.3, -0.25) is 14.2 Å². The number of fused-ring (bicyclic) bond motifs is 2. The van der Waals surface area contributed by atoms with Gasteiger partial charge in [-0.15, -0.1) is 11.3 Å². The van der Waals surface area contributed by atoms with E-state index in [4.69, 9.17) is 0 Å². The average Bonchev–Trinajstić information content (AvgIpc) is 3.10. The van der Waals surface area contributed by atoms with E-state index < -0.39 is 0 Å². The van der Waals surface area contributed by atoms with E-state index >= 15 is 0 Å². The number of hydrogen-bond donors (Lipinski definition) is 0. The first-order chi connectivity index (χ1) is 11.7. The Labute approximate surface area is 145 Å². The number of aromatic nitrogens is 2. The molecule has 3 heterocycles. The summed E-state index contributed by atoms with van der Waals surface area (Å²) < 4.78 is 1.58. The molecule has 6 heteroatoms. The van der Waals surface area contributed by atoms with Gasteiger partial charge in [0.25, 0.3) is 5.56 Å². The molecule has 0 aromatic carbocycles. The number of likely N-dealkylation sites (tertiary alicyclic amines) is 1. The maximum Gasteiger partial charge on any atom is 0.262 e. The fourth-order valence-corrected chi connectivity index (χ4v) is 5.07. The number of thiophene rings is 1. The van der Waals surface area contributed by atoms with Crippen molar-refractivity contribution in [3.8, 4) is 0 Å². The molecule has 0 spiro atoms. The fraction of sp³-hybridized carbons (Fsp3) is 0.611. The Bertz CT molecular complexity index is 795. The maximum absolute atomic E-state index is 12.7. The second-order valence-corrected chi connectivity index (χ2v) is 7.87. The zero-order chi connectivity index (χ0) is 16.5. The van der Waals surface area contributed by atoms with E-state index in [0.717, 1.165) is 24.2 Å². The van der Waals surface area contributed by atoms with Gasteiger partial charge in [0.05, 0.1) is 11.7 Å². The lowest BCUT2D eigenvalue weighted by Gasteiger charge is -2.44. The van der Waals surface area contributed by atoms with E-state index in [1.165, 1.54) is 37.0 Å². The number of rotatable bonds is 3. The van der Waals surface area contributed by atoms with Crippen LogP contribution in [0.1, 0.15) is 44.9 Å². The maximum atomic E-state index is 12.7. The van der Waals surface area contributed by atoms with Gasteiger partial charge < -0.3 is 4.90 Å². The zero-order valence-electron chi connectivity index (χ0n) is 13.8. The van der Waals surface area contributed by atoms with Gasteiger partial charge >= 0.3 is 0 Å². The SMILES string of the molecule is O=C(CCn1cnc2sccc2c1=O)N1CCCC2CCCCC21. The Morgan fingerprint density at radius 2 is 2.08 bits per heavy atom. The van der Waals surface area contributed by atoms with Gasteiger partial charge in [0, 0.05) is 25.6 Å². The second-order valence-electron chi connectivity index (χ2n) is 6.97. The highest BCUT2D eigenvalue weighted by Gasteiger charge is 2.35. The van der Waals surface area contributed by atoms with Crippen LogP contribution in [0, 0.1) is 5.92 Å². The van der Waals surface area contributed by atoms with Crippen molar-refractivity contribution in [2.24, 2.45) is 5.92 Å². The molecular weight excluding hydrogens is 322 g/mol. The van der Waals surface area contributed by atoms with Crippen LogP contribution in [0.25, 0.3) is 10.2 Å². The third-order valence-electron chi connectivity index (χ3n) is 5.58. The van der Waals surface area contributed by atoms with Crippen molar-refractivity contribution in [2.75, 3.05) is 6.54 Å². The molecule has 2 aromatic rings. The van der Waals surface area contributed by atoms with Crippen LogP contribution in [0.2, 0.25) is 0 Å². The summed E-state index contributed by atoms with van der Waals surface area (Å²) >= 11 is 1.47. The molecule has 2 atom stereocenters. The van der Waals surface area contributed by atoms with E-state index in [2.05, 4.69) is 9.88 Å². The fourth-order valence-electron chi connectivity index (χ4n) is 4.35. The van der Waals surface area contributed by atoms with Crippen molar-refractivity contribution < 1.29 is 4.79 Å². The number of piperidine rings is 1. The number of aryl methyl sites for hydroxylation is 1. The van der Waals surface area contributed by atoms with Gasteiger partial charge in [0.1, 0.15) is 4.83 Å². The van der Waals surface area contributed by atoms with Crippen LogP contribution >= 0.6 is 11.3 Å². The highest BCUT2D eigenvalue weighted by atomic mass is 32.1. The summed E-state index contributed by atoms with van der Waals surface area (Å²) in [7, 11) is 0. The summed E-state index contributed by atoms with van der Waals surface area (Å²) in [6, 6.07) is 2.25. The molecule has 1 saturated carbocycles. The smallest absolute Gasteiger partial charge is 0.262 e. The standard InChI is InChI=1S/C18H23N3O2S/c22-16(21-9-3-5-13-4-1-2-6-15(13)21)7-10-20-12-19-17-14(18(20)23)8-11-24-17/h8,11-13,15H,1-7,9-10H2. The molecule has 2 fully saturated rings. The Morgan fingerprint density at radius 3 is 3.00 bits per heavy atom. The molecule has 0 radical (unpaired) electrons. The van der Waals surface area contributed by atoms with Crippen molar-refractivity contribution in [3.05, 3.63) is 28.1 Å². The van der Waals surface area contributed by atoms with Crippen molar-refractivity contribution in [3.63, 3.8) is 0 Å². The normalized spacial score (nSPS) is 24.1. The Morgan fingerprint density at radius 1 is 1.25 bits per heavy atom. The number of nitrogens with zero attached hydrogens (tertiary/aromatic N) is 3. The first kappa shape index (κ1) is 15.8. The van der Waals surface area contributed by atoms with E-state index in [1.54, 1.807) is 10.9 Å². The molecule has 2 aromatic heterocycles. The summed E-state index contributed by atoms with van der Waals surface area (Å²) in [5.41, 5.74) is -0.0387. The molecule has 5 nitrogen and oxygen atoms in total. The molecule has 1 aliphatic heterocycles. The van der Waals surface area contributed by atoms with E-state index in [9.17, 15) is 9.59 Å². The minimum atomic E-state index is -0.0387. The Kier molecular flexibility index (Phi) is 4.39. The van der Waals surface area contributed by atoms with Crippen molar-refractivity contribution in [1.29, 1.82) is 0 Å². The second kappa shape index (κ2) is 6.67. The molecule has 1 amide bonds. The molecule has 4 rings (SSSR count). The summed E-state index contributed by atoms with van der Waals surface area (Å²) in [5, 5.41) is 2.53. The number of hydrogen-bond acceptors (Lipinski definition) is 4. The zero-order valence-corrected chi connectivity index (χ0v) is 14.6. The van der Waals surface area contributed by atoms with E-state index in [1.807, 2.05) is 11.4 Å². The lowest BCUT2D eigenvalue weighted by molar-refractivity contribution is -0.137. The molecule has 2 aliphatic rings. The molecule has 1 aliphatic carbocycles. The third kappa shape index (κ3) is 2.88. The number of carbonyl (C=O) groups excluding carboxylic acids is 1. The van der Waals surface area contributed by atoms with Crippen LogP contribution in [0.5, 0.6) is 0 Å². The molecule has 1 saturated heterocycles. The largest absolute Gasteiger partial charge is 0.339 e. The molecule has 24 heavy (non-hydrogen) atoms. The summed E-state index contributed by atoms with van der Waals surface area (Å²) in [4.78, 5) is 32.3. The van der Waals surface area contributed by atoms with Gasteiger partial charge in [-0.05, 0) is 43.0 Å². The third-order valence-corrected chi connectivity index (χ3v) is 6.40. The predicted molar refractivity (Wildman–Crippen MR) is 95.2 cm³/mol. The topological polar surface area (TPSA) is 55.2 Å². The Hall–Kier alpha value is -1.69. The van der Waals surface area contributed by atoms with Crippen molar-refractivity contribution in [1.82, 2.24) is 14.5 Å². The molecule has 0 N–H and O–H groups in total. The van der Waals surface area contributed by atoms with Gasteiger partial charge in [0.2, 0.25) is 5.91 Å². The van der Waals surface area contributed by atoms with E-state index in [0.29, 0.717) is 30.3 Å². The quantitative estimate of drug-likeness (QED) is 0.859. The monoisotopic (exact) mass is 345 g/mol. The minimum absolute atomic E-state index is 0.0387. The predicted octanol–water partition coefficient (Wildman–Crippen LogP) is 3.03. The first-order valence-corrected chi connectivity index (χ1v) is 9.84. The summed E-state index contributed by atoms with van der Waals surface area (Å²) in [5.74, 6) is 0.895. The van der Waals surface area contributed by atoms with Crippen LogP contribution in [-0.4, -0.2) is 32.9 Å². The van der Waals surface area contributed by atoms with Gasteiger partial charge in [0.15, 0.2) is 0 Å². The Balaban J connectivity index is 1.45. The molecular formula is C18H23N3O2S. The highest BCUT2D eigenvalue weighted by Crippen LogP contribution is 2.35. The van der Waals surface area contributed by atoms with E-state index in [-0.39, 0.29) is 11.5 Å². The first-order valence-electron chi connectivity index (χ1n) is 8.96. The molecule has 0 bridgehead atoms. The summed E-state index contributed by atoms with van der Waals surface area (Å²) in [6.07, 6.45) is 9.33. The molecule has 128 valence electrons. The minimum Gasteiger partial charge on any atom is -0.339 e. The summed E-state index contributed by atoms with van der Waals surface area (Å²) in [6.45, 7) is 1.31. The van der Waals surface area contributed by atoms with Crippen LogP contribution in [-0.2, 0) is 11.3 Å². The van der Waals surface area contributed by atoms with Gasteiger partial charge in [-0.1, -0.05) is 12.8 Å². The number of amides is 1. The molecule has 2 unspecified atom stereocenters. The average molecular weight is 345 g/mol. The van der Waals surface area contributed by atoms with Crippen molar-refractivity contribution >= 4 is 27.5 Å². The lowest BCUT2D eigenvalue weighted by Crippen LogP contribution is -2.49. The van der Waals surface area contributed by atoms with Crippen LogP contribution in [0.4, 0.5) is 0 Å².